The standard InChI is InChI=1S/C17H20N2O5S2/c1-11(15(21)19-7-6-18-17(19)22)24-14(20)10-23-13-5-3-2-4-12(13)16-25-8-9-26-16/h2-5,11,16H,6-10H2,1H3,(H,18,22)/t11-/m0/s1. The van der Waals surface area contributed by atoms with Gasteiger partial charge in [-0.05, 0) is 13.0 Å². The summed E-state index contributed by atoms with van der Waals surface area (Å²) in [6.45, 7) is 1.84. The topological polar surface area (TPSA) is 84.9 Å². The molecule has 1 aromatic rings. The SMILES string of the molecule is C[C@H](OC(=O)COc1ccccc1C1SCCS1)C(=O)N1CCNC1=O. The smallest absolute Gasteiger partial charge is 0.344 e. The highest BCUT2D eigenvalue weighted by molar-refractivity contribution is 8.19. The molecule has 0 unspecified atom stereocenters. The molecule has 1 atom stereocenters. The molecule has 140 valence electrons. The van der Waals surface area contributed by atoms with Crippen LogP contribution in [0.25, 0.3) is 0 Å². The number of para-hydroxylation sites is 1. The number of nitrogens with one attached hydrogen (secondary N) is 1. The van der Waals surface area contributed by atoms with Crippen LogP contribution in [0.2, 0.25) is 0 Å². The molecule has 2 heterocycles. The Kier molecular flexibility index (Phi) is 6.31. The third-order valence-corrected chi connectivity index (χ3v) is 6.99. The van der Waals surface area contributed by atoms with Gasteiger partial charge in [0.2, 0.25) is 0 Å². The van der Waals surface area contributed by atoms with Crippen molar-refractivity contribution in [3.8, 4) is 5.75 Å². The fourth-order valence-electron chi connectivity index (χ4n) is 2.66. The normalized spacial score (nSPS) is 18.5. The quantitative estimate of drug-likeness (QED) is 0.737. The molecular formula is C17H20N2O5S2. The molecule has 0 aliphatic carbocycles. The van der Waals surface area contributed by atoms with Crippen LogP contribution < -0.4 is 10.1 Å². The van der Waals surface area contributed by atoms with Gasteiger partial charge in [-0.25, -0.2) is 9.59 Å². The zero-order valence-electron chi connectivity index (χ0n) is 14.3. The van der Waals surface area contributed by atoms with Gasteiger partial charge in [0.05, 0.1) is 4.58 Å². The van der Waals surface area contributed by atoms with E-state index in [0.717, 1.165) is 22.0 Å². The molecule has 2 aliphatic rings. The summed E-state index contributed by atoms with van der Waals surface area (Å²) in [7, 11) is 0. The number of carbonyl (C=O) groups is 3. The third kappa shape index (κ3) is 4.45. The Morgan fingerprint density at radius 2 is 2.04 bits per heavy atom. The number of nitrogens with zero attached hydrogens (tertiary/aromatic N) is 1. The summed E-state index contributed by atoms with van der Waals surface area (Å²) in [6, 6.07) is 7.16. The minimum Gasteiger partial charge on any atom is -0.482 e. The van der Waals surface area contributed by atoms with E-state index in [-0.39, 0.29) is 13.2 Å². The Hall–Kier alpha value is -1.87. The second kappa shape index (κ2) is 8.68. The van der Waals surface area contributed by atoms with Crippen LogP contribution in [0.5, 0.6) is 5.75 Å². The van der Waals surface area contributed by atoms with Crippen LogP contribution in [0, 0.1) is 0 Å². The van der Waals surface area contributed by atoms with E-state index in [9.17, 15) is 14.4 Å². The number of ether oxygens (including phenoxy) is 2. The van der Waals surface area contributed by atoms with Gasteiger partial charge in [-0.2, -0.15) is 0 Å². The molecule has 0 radical (unpaired) electrons. The summed E-state index contributed by atoms with van der Waals surface area (Å²) in [4.78, 5) is 36.7. The van der Waals surface area contributed by atoms with Crippen LogP contribution in [0.15, 0.2) is 24.3 Å². The molecular weight excluding hydrogens is 376 g/mol. The van der Waals surface area contributed by atoms with Crippen molar-refractivity contribution in [3.05, 3.63) is 29.8 Å². The molecule has 2 saturated heterocycles. The number of benzene rings is 1. The molecule has 0 saturated carbocycles. The second-order valence-electron chi connectivity index (χ2n) is 5.75. The maximum atomic E-state index is 12.1. The number of amides is 3. The first kappa shape index (κ1) is 18.9. The average Bonchev–Trinajstić information content (AvgIpc) is 3.31. The van der Waals surface area contributed by atoms with E-state index in [1.54, 1.807) is 0 Å². The van der Waals surface area contributed by atoms with Crippen molar-refractivity contribution in [2.45, 2.75) is 17.6 Å². The highest BCUT2D eigenvalue weighted by Gasteiger charge is 2.31. The maximum Gasteiger partial charge on any atom is 0.344 e. The van der Waals surface area contributed by atoms with Crippen molar-refractivity contribution < 1.29 is 23.9 Å². The lowest BCUT2D eigenvalue weighted by Crippen LogP contribution is -2.42. The minimum absolute atomic E-state index is 0.278. The van der Waals surface area contributed by atoms with Gasteiger partial charge in [0, 0.05) is 30.2 Å². The number of urea groups is 1. The van der Waals surface area contributed by atoms with E-state index < -0.39 is 24.0 Å². The van der Waals surface area contributed by atoms with E-state index in [1.807, 2.05) is 47.8 Å². The van der Waals surface area contributed by atoms with E-state index in [0.29, 0.717) is 16.9 Å². The van der Waals surface area contributed by atoms with Gasteiger partial charge in [-0.1, -0.05) is 18.2 Å². The summed E-state index contributed by atoms with van der Waals surface area (Å²) in [5.41, 5.74) is 1.05. The Morgan fingerprint density at radius 1 is 1.31 bits per heavy atom. The van der Waals surface area contributed by atoms with E-state index in [2.05, 4.69) is 5.32 Å². The number of hydrogen-bond donors (Lipinski definition) is 1. The fourth-order valence-corrected chi connectivity index (χ4v) is 5.57. The maximum absolute atomic E-state index is 12.1. The zero-order chi connectivity index (χ0) is 18.5. The number of imide groups is 1. The fraction of sp³-hybridized carbons (Fsp3) is 0.471. The van der Waals surface area contributed by atoms with Crippen LogP contribution in [-0.4, -0.2) is 60.1 Å². The van der Waals surface area contributed by atoms with E-state index in [4.69, 9.17) is 9.47 Å². The van der Waals surface area contributed by atoms with Crippen LogP contribution in [0.3, 0.4) is 0 Å². The molecule has 0 spiro atoms. The summed E-state index contributed by atoms with van der Waals surface area (Å²) < 4.78 is 11.0. The summed E-state index contributed by atoms with van der Waals surface area (Å²) >= 11 is 3.70. The molecule has 7 nitrogen and oxygen atoms in total. The van der Waals surface area contributed by atoms with Gasteiger partial charge < -0.3 is 14.8 Å². The van der Waals surface area contributed by atoms with Crippen molar-refractivity contribution in [2.24, 2.45) is 0 Å². The lowest BCUT2D eigenvalue weighted by atomic mass is 10.2. The average molecular weight is 396 g/mol. The van der Waals surface area contributed by atoms with Gasteiger partial charge >= 0.3 is 12.0 Å². The van der Waals surface area contributed by atoms with Gasteiger partial charge in [0.15, 0.2) is 12.7 Å². The van der Waals surface area contributed by atoms with Gasteiger partial charge in [0.1, 0.15) is 5.75 Å². The van der Waals surface area contributed by atoms with Crippen molar-refractivity contribution in [2.75, 3.05) is 31.2 Å². The monoisotopic (exact) mass is 396 g/mol. The van der Waals surface area contributed by atoms with Crippen LogP contribution in [0.1, 0.15) is 17.1 Å². The second-order valence-corrected chi connectivity index (χ2v) is 8.48. The van der Waals surface area contributed by atoms with Gasteiger partial charge in [0.25, 0.3) is 5.91 Å². The first-order chi connectivity index (χ1) is 12.6. The molecule has 1 aromatic carbocycles. The first-order valence-electron chi connectivity index (χ1n) is 8.30. The summed E-state index contributed by atoms with van der Waals surface area (Å²) in [5, 5.41) is 2.54. The van der Waals surface area contributed by atoms with Crippen LogP contribution in [0.4, 0.5) is 4.79 Å². The molecule has 3 amide bonds. The Labute approximate surface area is 160 Å². The largest absolute Gasteiger partial charge is 0.482 e. The lowest BCUT2D eigenvalue weighted by Gasteiger charge is -2.19. The number of esters is 1. The number of thioether (sulfide) groups is 2. The predicted molar refractivity (Wildman–Crippen MR) is 100 cm³/mol. The molecule has 9 heteroatoms. The Morgan fingerprint density at radius 3 is 2.73 bits per heavy atom. The Bertz CT molecular complexity index is 693. The van der Waals surface area contributed by atoms with Crippen LogP contribution >= 0.6 is 23.5 Å². The molecule has 0 bridgehead atoms. The molecule has 2 aliphatic heterocycles. The van der Waals surface area contributed by atoms with Crippen LogP contribution in [-0.2, 0) is 14.3 Å². The Balaban J connectivity index is 1.53. The summed E-state index contributed by atoms with van der Waals surface area (Å²) in [6.07, 6.45) is -1.04. The predicted octanol–water partition coefficient (Wildman–Crippen LogP) is 2.03. The zero-order valence-corrected chi connectivity index (χ0v) is 15.9. The lowest BCUT2D eigenvalue weighted by molar-refractivity contribution is -0.159. The van der Waals surface area contributed by atoms with E-state index in [1.165, 1.54) is 6.92 Å². The van der Waals surface area contributed by atoms with Crippen molar-refractivity contribution in [1.82, 2.24) is 10.2 Å². The van der Waals surface area contributed by atoms with Crippen molar-refractivity contribution in [3.63, 3.8) is 0 Å². The number of rotatable bonds is 6. The molecule has 2 fully saturated rings. The third-order valence-electron chi connectivity index (χ3n) is 3.92. The molecule has 0 aromatic heterocycles. The number of carbonyl (C=O) groups excluding carboxylic acids is 3. The summed E-state index contributed by atoms with van der Waals surface area (Å²) in [5.74, 6) is 1.65. The number of hydrogen-bond acceptors (Lipinski definition) is 7. The highest BCUT2D eigenvalue weighted by atomic mass is 32.2. The highest BCUT2D eigenvalue weighted by Crippen LogP contribution is 2.48. The molecule has 1 N–H and O–H groups in total. The van der Waals surface area contributed by atoms with Gasteiger partial charge in [-0.15, -0.1) is 23.5 Å². The van der Waals surface area contributed by atoms with Gasteiger partial charge in [-0.3, -0.25) is 9.69 Å². The van der Waals surface area contributed by atoms with Crippen molar-refractivity contribution in [1.29, 1.82) is 0 Å². The molecule has 26 heavy (non-hydrogen) atoms. The van der Waals surface area contributed by atoms with E-state index >= 15 is 0 Å². The molecule has 3 rings (SSSR count). The minimum atomic E-state index is -1.04. The van der Waals surface area contributed by atoms with Crippen molar-refractivity contribution >= 4 is 41.4 Å². The first-order valence-corrected chi connectivity index (χ1v) is 10.4.